The first-order valence-electron chi connectivity index (χ1n) is 7.57. The molecule has 0 saturated carbocycles. The quantitative estimate of drug-likeness (QED) is 0.647. The summed E-state index contributed by atoms with van der Waals surface area (Å²) in [6.45, 7) is 4.92. The van der Waals surface area contributed by atoms with Gasteiger partial charge in [-0.1, -0.05) is 30.3 Å². The zero-order chi connectivity index (χ0) is 15.3. The van der Waals surface area contributed by atoms with E-state index >= 15 is 0 Å². The van der Waals surface area contributed by atoms with Crippen LogP contribution in [0.2, 0.25) is 0 Å². The molecule has 4 rings (SSSR count). The number of nitrogens with zero attached hydrogens (tertiary/aromatic N) is 2. The lowest BCUT2D eigenvalue weighted by Crippen LogP contribution is -2.15. The summed E-state index contributed by atoms with van der Waals surface area (Å²) in [5, 5.41) is 1.11. The van der Waals surface area contributed by atoms with Crippen molar-refractivity contribution in [2.45, 2.75) is 20.3 Å². The van der Waals surface area contributed by atoms with Crippen molar-refractivity contribution in [3.8, 4) is 0 Å². The van der Waals surface area contributed by atoms with E-state index in [0.29, 0.717) is 5.69 Å². The second-order valence-electron chi connectivity index (χ2n) is 5.85. The lowest BCUT2D eigenvalue weighted by Gasteiger charge is -2.22. The number of fused-ring (bicyclic) bond motifs is 3. The minimum absolute atomic E-state index is 0.175. The third kappa shape index (κ3) is 1.82. The van der Waals surface area contributed by atoms with Crippen LogP contribution in [0.25, 0.3) is 10.9 Å². The number of rotatable bonds is 1. The summed E-state index contributed by atoms with van der Waals surface area (Å²) in [4.78, 5) is 6.88. The number of aromatic nitrogens is 1. The van der Waals surface area contributed by atoms with Crippen LogP contribution in [-0.4, -0.2) is 11.5 Å². The van der Waals surface area contributed by atoms with Gasteiger partial charge in [0.15, 0.2) is 0 Å². The first-order valence-corrected chi connectivity index (χ1v) is 7.57. The van der Waals surface area contributed by atoms with Gasteiger partial charge in [-0.05, 0) is 43.5 Å². The Kier molecular flexibility index (Phi) is 2.89. The van der Waals surface area contributed by atoms with Gasteiger partial charge in [-0.25, -0.2) is 4.39 Å². The molecule has 3 heteroatoms. The Morgan fingerprint density at radius 1 is 1.05 bits per heavy atom. The minimum atomic E-state index is -0.175. The Labute approximate surface area is 129 Å². The molecule has 1 aliphatic rings. The highest BCUT2D eigenvalue weighted by atomic mass is 19.1. The third-order valence-corrected chi connectivity index (χ3v) is 4.49. The van der Waals surface area contributed by atoms with Crippen molar-refractivity contribution in [1.82, 2.24) is 4.98 Å². The predicted molar refractivity (Wildman–Crippen MR) is 88.3 cm³/mol. The Morgan fingerprint density at radius 2 is 1.86 bits per heavy atom. The maximum atomic E-state index is 14.3. The van der Waals surface area contributed by atoms with Gasteiger partial charge in [0.25, 0.3) is 0 Å². The van der Waals surface area contributed by atoms with Crippen LogP contribution in [0.4, 0.5) is 15.8 Å². The van der Waals surface area contributed by atoms with Crippen molar-refractivity contribution >= 4 is 22.3 Å². The Morgan fingerprint density at radius 3 is 2.68 bits per heavy atom. The van der Waals surface area contributed by atoms with E-state index in [1.54, 1.807) is 6.07 Å². The van der Waals surface area contributed by atoms with Gasteiger partial charge in [0.1, 0.15) is 5.82 Å². The van der Waals surface area contributed by atoms with Crippen molar-refractivity contribution in [2.24, 2.45) is 0 Å². The number of para-hydroxylation sites is 2. The molecule has 0 spiro atoms. The fourth-order valence-corrected chi connectivity index (χ4v) is 3.42. The number of benzene rings is 2. The molecule has 0 saturated heterocycles. The maximum absolute atomic E-state index is 14.3. The van der Waals surface area contributed by atoms with E-state index in [4.69, 9.17) is 4.98 Å². The van der Waals surface area contributed by atoms with Crippen molar-refractivity contribution in [1.29, 1.82) is 0 Å². The first kappa shape index (κ1) is 13.3. The summed E-state index contributed by atoms with van der Waals surface area (Å²) >= 11 is 0. The standard InChI is InChI=1S/C19H17FN2/c1-12-6-5-7-15-18(12)21-13(2)14-10-11-22(19(14)15)17-9-4-3-8-16(17)20/h3-9H,10-11H2,1-2H3. The zero-order valence-corrected chi connectivity index (χ0v) is 12.7. The topological polar surface area (TPSA) is 16.1 Å². The SMILES string of the molecule is Cc1nc2c(C)cccc2c2c1CCN2c1ccccc1F. The second kappa shape index (κ2) is 4.80. The molecule has 0 amide bonds. The van der Waals surface area contributed by atoms with Crippen LogP contribution in [0, 0.1) is 19.7 Å². The second-order valence-corrected chi connectivity index (χ2v) is 5.85. The molecule has 2 aromatic carbocycles. The normalized spacial score (nSPS) is 13.7. The van der Waals surface area contributed by atoms with Crippen LogP contribution in [0.5, 0.6) is 0 Å². The van der Waals surface area contributed by atoms with Crippen molar-refractivity contribution in [3.05, 3.63) is 65.1 Å². The third-order valence-electron chi connectivity index (χ3n) is 4.49. The summed E-state index contributed by atoms with van der Waals surface area (Å²) in [6.07, 6.45) is 0.909. The summed E-state index contributed by atoms with van der Waals surface area (Å²) < 4.78 is 14.3. The Balaban J connectivity index is 2.03. The molecule has 0 bridgehead atoms. The molecule has 0 fully saturated rings. The highest BCUT2D eigenvalue weighted by Crippen LogP contribution is 2.42. The van der Waals surface area contributed by atoms with Crippen LogP contribution >= 0.6 is 0 Å². The average Bonchev–Trinajstić information content (AvgIpc) is 2.95. The van der Waals surface area contributed by atoms with Crippen LogP contribution in [-0.2, 0) is 6.42 Å². The van der Waals surface area contributed by atoms with Crippen molar-refractivity contribution < 1.29 is 4.39 Å². The van der Waals surface area contributed by atoms with E-state index in [2.05, 4.69) is 30.9 Å². The fraction of sp³-hybridized carbons (Fsp3) is 0.211. The lowest BCUT2D eigenvalue weighted by molar-refractivity contribution is 0.626. The molecule has 22 heavy (non-hydrogen) atoms. The molecular weight excluding hydrogens is 275 g/mol. The van der Waals surface area contributed by atoms with Crippen LogP contribution in [0.15, 0.2) is 42.5 Å². The van der Waals surface area contributed by atoms with Crippen molar-refractivity contribution in [3.63, 3.8) is 0 Å². The number of hydrogen-bond acceptors (Lipinski definition) is 2. The van der Waals surface area contributed by atoms with Gasteiger partial charge in [0.2, 0.25) is 0 Å². The zero-order valence-electron chi connectivity index (χ0n) is 12.7. The Bertz CT molecular complexity index is 886. The molecule has 0 aliphatic carbocycles. The van der Waals surface area contributed by atoms with E-state index in [-0.39, 0.29) is 5.82 Å². The lowest BCUT2D eigenvalue weighted by atomic mass is 10.0. The molecule has 0 unspecified atom stereocenters. The maximum Gasteiger partial charge on any atom is 0.146 e. The Hall–Kier alpha value is -2.42. The number of halogens is 1. The van der Waals surface area contributed by atoms with Gasteiger partial charge < -0.3 is 4.90 Å². The first-order chi connectivity index (χ1) is 10.7. The minimum Gasteiger partial charge on any atom is -0.338 e. The van der Waals surface area contributed by atoms with E-state index in [9.17, 15) is 4.39 Å². The highest BCUT2D eigenvalue weighted by molar-refractivity contribution is 5.98. The summed E-state index contributed by atoms with van der Waals surface area (Å²) in [7, 11) is 0. The van der Waals surface area contributed by atoms with Gasteiger partial charge in [0.05, 0.1) is 16.9 Å². The number of pyridine rings is 1. The smallest absolute Gasteiger partial charge is 0.146 e. The molecule has 1 aromatic heterocycles. The largest absolute Gasteiger partial charge is 0.338 e. The van der Waals surface area contributed by atoms with Gasteiger partial charge in [-0.3, -0.25) is 4.98 Å². The molecule has 2 heterocycles. The van der Waals surface area contributed by atoms with Gasteiger partial charge >= 0.3 is 0 Å². The van der Waals surface area contributed by atoms with Gasteiger partial charge in [-0.2, -0.15) is 0 Å². The highest BCUT2D eigenvalue weighted by Gasteiger charge is 2.27. The van der Waals surface area contributed by atoms with E-state index < -0.39 is 0 Å². The van der Waals surface area contributed by atoms with Gasteiger partial charge in [-0.15, -0.1) is 0 Å². The number of hydrogen-bond donors (Lipinski definition) is 0. The number of anilines is 2. The molecule has 3 aromatic rings. The molecule has 0 N–H and O–H groups in total. The molecule has 1 aliphatic heterocycles. The molecule has 110 valence electrons. The van der Waals surface area contributed by atoms with E-state index in [0.717, 1.165) is 40.8 Å². The molecule has 0 radical (unpaired) electrons. The summed E-state index contributed by atoms with van der Waals surface area (Å²) in [5.74, 6) is -0.175. The monoisotopic (exact) mass is 292 g/mol. The molecule has 2 nitrogen and oxygen atoms in total. The summed E-state index contributed by atoms with van der Waals surface area (Å²) in [5.41, 5.74) is 6.23. The molecule has 0 atom stereocenters. The van der Waals surface area contributed by atoms with E-state index in [1.165, 1.54) is 11.6 Å². The summed E-state index contributed by atoms with van der Waals surface area (Å²) in [6, 6.07) is 13.2. The van der Waals surface area contributed by atoms with Crippen LogP contribution in [0.3, 0.4) is 0 Å². The average molecular weight is 292 g/mol. The van der Waals surface area contributed by atoms with Gasteiger partial charge in [0, 0.05) is 17.6 Å². The van der Waals surface area contributed by atoms with Crippen LogP contribution in [0.1, 0.15) is 16.8 Å². The van der Waals surface area contributed by atoms with Crippen LogP contribution < -0.4 is 4.90 Å². The number of aryl methyl sites for hydroxylation is 2. The fourth-order valence-electron chi connectivity index (χ4n) is 3.42. The molecular formula is C19H17FN2. The van der Waals surface area contributed by atoms with Crippen molar-refractivity contribution in [2.75, 3.05) is 11.4 Å². The predicted octanol–water partition coefficient (Wildman–Crippen LogP) is 4.68. The van der Waals surface area contributed by atoms with E-state index in [1.807, 2.05) is 18.2 Å².